The van der Waals surface area contributed by atoms with Gasteiger partial charge in [-0.1, -0.05) is 23.3 Å². The molecule has 6 nitrogen and oxygen atoms in total. The van der Waals surface area contributed by atoms with Crippen LogP contribution in [-0.4, -0.2) is 20.2 Å². The molecule has 0 aliphatic carbocycles. The number of aromatic nitrogens is 4. The van der Waals surface area contributed by atoms with E-state index in [1.54, 1.807) is 24.3 Å². The maximum atomic E-state index is 5.63. The van der Waals surface area contributed by atoms with Gasteiger partial charge in [0, 0.05) is 5.69 Å². The van der Waals surface area contributed by atoms with Crippen molar-refractivity contribution in [3.05, 3.63) is 54.6 Å². The first-order valence-corrected chi connectivity index (χ1v) is 5.70. The van der Waals surface area contributed by atoms with Gasteiger partial charge in [-0.3, -0.25) is 0 Å². The Morgan fingerprint density at radius 3 is 2.42 bits per heavy atom. The Kier molecular flexibility index (Phi) is 2.82. The van der Waals surface area contributed by atoms with Crippen molar-refractivity contribution in [2.24, 2.45) is 0 Å². The van der Waals surface area contributed by atoms with Gasteiger partial charge in [0.2, 0.25) is 0 Å². The number of nitrogens with two attached hydrogens (primary N) is 1. The van der Waals surface area contributed by atoms with E-state index in [2.05, 4.69) is 15.5 Å². The zero-order valence-corrected chi connectivity index (χ0v) is 9.97. The van der Waals surface area contributed by atoms with Crippen LogP contribution in [0, 0.1) is 0 Å². The molecule has 3 rings (SSSR count). The van der Waals surface area contributed by atoms with Crippen LogP contribution in [0.3, 0.4) is 0 Å². The van der Waals surface area contributed by atoms with Crippen LogP contribution >= 0.6 is 0 Å². The zero-order valence-electron chi connectivity index (χ0n) is 9.97. The fourth-order valence-electron chi connectivity index (χ4n) is 1.62. The molecular weight excluding hydrogens is 242 g/mol. The van der Waals surface area contributed by atoms with Crippen LogP contribution in [0.5, 0.6) is 11.8 Å². The number of hydrogen-bond donors (Lipinski definition) is 1. The van der Waals surface area contributed by atoms with Crippen LogP contribution in [-0.2, 0) is 0 Å². The van der Waals surface area contributed by atoms with Crippen molar-refractivity contribution in [1.82, 2.24) is 20.2 Å². The summed E-state index contributed by atoms with van der Waals surface area (Å²) >= 11 is 0. The molecule has 1 aromatic heterocycles. The molecule has 2 N–H and O–H groups in total. The molecular formula is C13H11N5O. The van der Waals surface area contributed by atoms with Gasteiger partial charge in [-0.2, -0.15) is 4.68 Å². The number of tetrazole rings is 1. The van der Waals surface area contributed by atoms with Gasteiger partial charge in [-0.15, -0.1) is 0 Å². The molecule has 0 saturated carbocycles. The first kappa shape index (κ1) is 11.2. The van der Waals surface area contributed by atoms with Crippen molar-refractivity contribution in [3.63, 3.8) is 0 Å². The summed E-state index contributed by atoms with van der Waals surface area (Å²) in [7, 11) is 0. The number of ether oxygens (including phenoxy) is 1. The monoisotopic (exact) mass is 253 g/mol. The summed E-state index contributed by atoms with van der Waals surface area (Å²) in [6, 6.07) is 16.9. The molecule has 0 aliphatic heterocycles. The van der Waals surface area contributed by atoms with E-state index < -0.39 is 0 Å². The van der Waals surface area contributed by atoms with Crippen molar-refractivity contribution in [1.29, 1.82) is 0 Å². The molecule has 1 heterocycles. The highest BCUT2D eigenvalue weighted by atomic mass is 16.5. The number of hydrogen-bond acceptors (Lipinski definition) is 5. The summed E-state index contributed by atoms with van der Waals surface area (Å²) in [6.07, 6.45) is 0. The molecule has 0 bridgehead atoms. The van der Waals surface area contributed by atoms with Crippen molar-refractivity contribution in [3.8, 4) is 17.4 Å². The highest BCUT2D eigenvalue weighted by Crippen LogP contribution is 2.21. The van der Waals surface area contributed by atoms with Gasteiger partial charge in [0.05, 0.1) is 5.69 Å². The van der Waals surface area contributed by atoms with Crippen LogP contribution in [0.15, 0.2) is 54.6 Å². The smallest absolute Gasteiger partial charge is 0.345 e. The predicted molar refractivity (Wildman–Crippen MR) is 70.1 cm³/mol. The summed E-state index contributed by atoms with van der Waals surface area (Å²) in [5.41, 5.74) is 7.13. The number of nitrogens with zero attached hydrogens (tertiary/aromatic N) is 4. The molecule has 0 unspecified atom stereocenters. The number of rotatable bonds is 3. The Morgan fingerprint density at radius 2 is 1.68 bits per heavy atom. The van der Waals surface area contributed by atoms with Crippen molar-refractivity contribution >= 4 is 5.69 Å². The molecule has 94 valence electrons. The molecule has 0 radical (unpaired) electrons. The van der Waals surface area contributed by atoms with Crippen LogP contribution in [0.25, 0.3) is 5.69 Å². The number of para-hydroxylation sites is 1. The van der Waals surface area contributed by atoms with Gasteiger partial charge >= 0.3 is 6.01 Å². The minimum absolute atomic E-state index is 0.302. The fraction of sp³-hybridized carbons (Fsp3) is 0. The second-order valence-electron chi connectivity index (χ2n) is 3.88. The normalized spacial score (nSPS) is 10.3. The molecule has 0 spiro atoms. The molecule has 0 amide bonds. The maximum absolute atomic E-state index is 5.63. The SMILES string of the molecule is Nc1ccc(Oc2nnnn2-c2ccccc2)cc1. The molecule has 0 saturated heterocycles. The Balaban J connectivity index is 1.91. The lowest BCUT2D eigenvalue weighted by Gasteiger charge is -2.05. The lowest BCUT2D eigenvalue weighted by atomic mass is 10.3. The van der Waals surface area contributed by atoms with E-state index in [4.69, 9.17) is 10.5 Å². The molecule has 0 aliphatic rings. The largest absolute Gasteiger partial charge is 0.423 e. The van der Waals surface area contributed by atoms with Crippen LogP contribution < -0.4 is 10.5 Å². The number of anilines is 1. The van der Waals surface area contributed by atoms with Crippen LogP contribution in [0.2, 0.25) is 0 Å². The van der Waals surface area contributed by atoms with E-state index in [1.165, 1.54) is 4.68 Å². The van der Waals surface area contributed by atoms with Crippen LogP contribution in [0.1, 0.15) is 0 Å². The van der Waals surface area contributed by atoms with E-state index in [1.807, 2.05) is 30.3 Å². The third kappa shape index (κ3) is 2.37. The first-order chi connectivity index (χ1) is 9.33. The Hall–Kier alpha value is -2.89. The van der Waals surface area contributed by atoms with E-state index >= 15 is 0 Å². The minimum Gasteiger partial charge on any atom is -0.423 e. The topological polar surface area (TPSA) is 78.8 Å². The van der Waals surface area contributed by atoms with E-state index in [0.29, 0.717) is 17.4 Å². The molecule has 0 fully saturated rings. The van der Waals surface area contributed by atoms with E-state index in [9.17, 15) is 0 Å². The zero-order chi connectivity index (χ0) is 13.1. The van der Waals surface area contributed by atoms with Gasteiger partial charge in [-0.05, 0) is 46.8 Å². The molecule has 3 aromatic rings. The number of nitrogen functional groups attached to an aromatic ring is 1. The Morgan fingerprint density at radius 1 is 0.947 bits per heavy atom. The fourth-order valence-corrected chi connectivity index (χ4v) is 1.62. The van der Waals surface area contributed by atoms with Crippen molar-refractivity contribution < 1.29 is 4.74 Å². The summed E-state index contributed by atoms with van der Waals surface area (Å²) in [4.78, 5) is 0. The summed E-state index contributed by atoms with van der Waals surface area (Å²) < 4.78 is 7.15. The number of benzene rings is 2. The molecule has 0 atom stereocenters. The molecule has 6 heteroatoms. The van der Waals surface area contributed by atoms with Gasteiger partial charge in [0.1, 0.15) is 5.75 Å². The first-order valence-electron chi connectivity index (χ1n) is 5.70. The third-order valence-corrected chi connectivity index (χ3v) is 2.53. The van der Waals surface area contributed by atoms with Gasteiger partial charge < -0.3 is 10.5 Å². The highest BCUT2D eigenvalue weighted by Gasteiger charge is 2.09. The quantitative estimate of drug-likeness (QED) is 0.722. The Labute approximate surface area is 109 Å². The van der Waals surface area contributed by atoms with Gasteiger partial charge in [-0.25, -0.2) is 0 Å². The predicted octanol–water partition coefficient (Wildman–Crippen LogP) is 2.04. The summed E-state index contributed by atoms with van der Waals surface area (Å²) in [5.74, 6) is 0.626. The second-order valence-corrected chi connectivity index (χ2v) is 3.88. The average molecular weight is 253 g/mol. The Bertz CT molecular complexity index is 663. The maximum Gasteiger partial charge on any atom is 0.345 e. The second kappa shape index (κ2) is 4.77. The van der Waals surface area contributed by atoms with E-state index in [-0.39, 0.29) is 0 Å². The molecule has 19 heavy (non-hydrogen) atoms. The van der Waals surface area contributed by atoms with Crippen molar-refractivity contribution in [2.45, 2.75) is 0 Å². The third-order valence-electron chi connectivity index (χ3n) is 2.53. The lowest BCUT2D eigenvalue weighted by molar-refractivity contribution is 0.427. The average Bonchev–Trinajstić information content (AvgIpc) is 2.90. The van der Waals surface area contributed by atoms with Gasteiger partial charge in [0.15, 0.2) is 0 Å². The van der Waals surface area contributed by atoms with Gasteiger partial charge in [0.25, 0.3) is 0 Å². The lowest BCUT2D eigenvalue weighted by Crippen LogP contribution is -2.00. The standard InChI is InChI=1S/C13H11N5O/c14-10-6-8-12(9-7-10)19-13-15-16-17-18(13)11-4-2-1-3-5-11/h1-9H,14H2. The molecule has 2 aromatic carbocycles. The summed E-state index contributed by atoms with van der Waals surface area (Å²) in [5, 5.41) is 11.4. The van der Waals surface area contributed by atoms with Crippen molar-refractivity contribution in [2.75, 3.05) is 5.73 Å². The van der Waals surface area contributed by atoms with E-state index in [0.717, 1.165) is 5.69 Å². The minimum atomic E-state index is 0.302. The summed E-state index contributed by atoms with van der Waals surface area (Å²) in [6.45, 7) is 0. The highest BCUT2D eigenvalue weighted by molar-refractivity contribution is 5.42. The van der Waals surface area contributed by atoms with Crippen LogP contribution in [0.4, 0.5) is 5.69 Å².